The first-order valence-electron chi connectivity index (χ1n) is 6.43. The zero-order valence-electron chi connectivity index (χ0n) is 12.1. The van der Waals surface area contributed by atoms with Gasteiger partial charge in [0.1, 0.15) is 6.29 Å². The lowest BCUT2D eigenvalue weighted by molar-refractivity contribution is -0.107. The summed E-state index contributed by atoms with van der Waals surface area (Å²) in [4.78, 5) is 23.8. The summed E-state index contributed by atoms with van der Waals surface area (Å²) < 4.78 is 0. The van der Waals surface area contributed by atoms with Crippen LogP contribution in [0.4, 0.5) is 10.5 Å². The second-order valence-electron chi connectivity index (χ2n) is 5.46. The highest BCUT2D eigenvalue weighted by Crippen LogP contribution is 2.25. The first-order chi connectivity index (χ1) is 8.90. The van der Waals surface area contributed by atoms with Crippen molar-refractivity contribution in [2.24, 2.45) is 0 Å². The zero-order chi connectivity index (χ0) is 14.5. The fraction of sp³-hybridized carbons (Fsp3) is 0.467. The number of amides is 2. The van der Waals surface area contributed by atoms with Gasteiger partial charge in [0.05, 0.1) is 0 Å². The summed E-state index contributed by atoms with van der Waals surface area (Å²) in [5.41, 5.74) is 2.09. The second-order valence-corrected chi connectivity index (χ2v) is 5.46. The van der Waals surface area contributed by atoms with E-state index in [2.05, 4.69) is 26.1 Å². The van der Waals surface area contributed by atoms with E-state index in [1.165, 1.54) is 5.56 Å². The Kier molecular flexibility index (Phi) is 5.10. The van der Waals surface area contributed by atoms with Crippen molar-refractivity contribution in [2.75, 3.05) is 18.5 Å². The highest BCUT2D eigenvalue weighted by atomic mass is 16.2. The molecule has 0 heterocycles. The van der Waals surface area contributed by atoms with Crippen LogP contribution in [0.5, 0.6) is 0 Å². The van der Waals surface area contributed by atoms with Gasteiger partial charge in [0, 0.05) is 25.7 Å². The van der Waals surface area contributed by atoms with Gasteiger partial charge in [-0.05, 0) is 23.1 Å². The molecule has 0 saturated carbocycles. The molecule has 104 valence electrons. The Balaban J connectivity index is 2.96. The van der Waals surface area contributed by atoms with Gasteiger partial charge in [-0.25, -0.2) is 4.79 Å². The number of nitrogens with one attached hydrogen (secondary N) is 1. The van der Waals surface area contributed by atoms with Crippen LogP contribution < -0.4 is 10.2 Å². The van der Waals surface area contributed by atoms with Crippen molar-refractivity contribution in [3.05, 3.63) is 29.8 Å². The lowest BCUT2D eigenvalue weighted by Crippen LogP contribution is -2.39. The summed E-state index contributed by atoms with van der Waals surface area (Å²) in [7, 11) is 1.58. The normalized spacial score (nSPS) is 10.9. The van der Waals surface area contributed by atoms with Gasteiger partial charge in [-0.1, -0.05) is 32.9 Å². The third kappa shape index (κ3) is 4.09. The molecule has 4 heteroatoms. The van der Waals surface area contributed by atoms with Crippen molar-refractivity contribution < 1.29 is 9.59 Å². The maximum Gasteiger partial charge on any atom is 0.321 e. The topological polar surface area (TPSA) is 49.4 Å². The number of hydrogen-bond acceptors (Lipinski definition) is 2. The number of aldehydes is 1. The molecule has 0 aromatic heterocycles. The molecule has 0 fully saturated rings. The summed E-state index contributed by atoms with van der Waals surface area (Å²) in [5, 5.41) is 2.59. The fourth-order valence-electron chi connectivity index (χ4n) is 1.81. The zero-order valence-corrected chi connectivity index (χ0v) is 12.1. The van der Waals surface area contributed by atoms with Gasteiger partial charge in [-0.2, -0.15) is 0 Å². The van der Waals surface area contributed by atoms with Crippen LogP contribution in [-0.4, -0.2) is 25.9 Å². The Hall–Kier alpha value is -1.84. The van der Waals surface area contributed by atoms with Gasteiger partial charge >= 0.3 is 6.03 Å². The Morgan fingerprint density at radius 3 is 2.26 bits per heavy atom. The van der Waals surface area contributed by atoms with Crippen molar-refractivity contribution in [1.29, 1.82) is 0 Å². The van der Waals surface area contributed by atoms with Crippen LogP contribution in [-0.2, 0) is 10.2 Å². The lowest BCUT2D eigenvalue weighted by atomic mass is 9.87. The molecule has 0 atom stereocenters. The molecular formula is C15H22N2O2. The molecule has 2 amide bonds. The van der Waals surface area contributed by atoms with Gasteiger partial charge in [0.15, 0.2) is 0 Å². The molecule has 0 bridgehead atoms. The molecule has 0 unspecified atom stereocenters. The monoisotopic (exact) mass is 262 g/mol. The van der Waals surface area contributed by atoms with E-state index in [1.54, 1.807) is 11.9 Å². The number of urea groups is 1. The SMILES string of the molecule is CNC(=O)N(CCC=O)c1ccc(C(C)(C)C)cc1. The molecule has 1 N–H and O–H groups in total. The molecule has 0 aliphatic rings. The van der Waals surface area contributed by atoms with Gasteiger partial charge in [-0.15, -0.1) is 0 Å². The third-order valence-corrected chi connectivity index (χ3v) is 2.97. The predicted molar refractivity (Wildman–Crippen MR) is 77.6 cm³/mol. The average molecular weight is 262 g/mol. The lowest BCUT2D eigenvalue weighted by Gasteiger charge is -2.24. The summed E-state index contributed by atoms with van der Waals surface area (Å²) in [5.74, 6) is 0. The van der Waals surface area contributed by atoms with Crippen molar-refractivity contribution in [3.8, 4) is 0 Å². The minimum absolute atomic E-state index is 0.0825. The number of carbonyl (C=O) groups excluding carboxylic acids is 2. The van der Waals surface area contributed by atoms with Crippen LogP contribution >= 0.6 is 0 Å². The predicted octanol–water partition coefficient (Wildman–Crippen LogP) is 2.72. The number of carbonyl (C=O) groups is 2. The summed E-state index contributed by atoms with van der Waals surface area (Å²) in [6, 6.07) is 7.67. The number of nitrogens with zero attached hydrogens (tertiary/aromatic N) is 1. The van der Waals surface area contributed by atoms with Crippen LogP contribution in [0.3, 0.4) is 0 Å². The van der Waals surface area contributed by atoms with Gasteiger partial charge in [0.25, 0.3) is 0 Å². The van der Waals surface area contributed by atoms with Crippen molar-refractivity contribution in [3.63, 3.8) is 0 Å². The van der Waals surface area contributed by atoms with Crippen molar-refractivity contribution >= 4 is 18.0 Å². The van der Waals surface area contributed by atoms with E-state index < -0.39 is 0 Å². The molecule has 0 aliphatic heterocycles. The van der Waals surface area contributed by atoms with E-state index in [4.69, 9.17) is 0 Å². The fourth-order valence-corrected chi connectivity index (χ4v) is 1.81. The van der Waals surface area contributed by atoms with Crippen LogP contribution in [0, 0.1) is 0 Å². The van der Waals surface area contributed by atoms with Crippen LogP contribution in [0.25, 0.3) is 0 Å². The Morgan fingerprint density at radius 2 is 1.84 bits per heavy atom. The van der Waals surface area contributed by atoms with Crippen LogP contribution in [0.15, 0.2) is 24.3 Å². The second kappa shape index (κ2) is 6.36. The standard InChI is InChI=1S/C15H22N2O2/c1-15(2,3)12-6-8-13(9-7-12)17(10-5-11-18)14(19)16-4/h6-9,11H,5,10H2,1-4H3,(H,16,19). The first kappa shape index (κ1) is 15.2. The van der Waals surface area contributed by atoms with Gasteiger partial charge in [-0.3, -0.25) is 4.90 Å². The highest BCUT2D eigenvalue weighted by molar-refractivity contribution is 5.92. The maximum absolute atomic E-state index is 11.8. The maximum atomic E-state index is 11.8. The van der Waals surface area contributed by atoms with E-state index >= 15 is 0 Å². The smallest absolute Gasteiger partial charge is 0.321 e. The number of hydrogen-bond donors (Lipinski definition) is 1. The Morgan fingerprint density at radius 1 is 1.26 bits per heavy atom. The Labute approximate surface area is 114 Å². The minimum atomic E-state index is -0.203. The molecule has 1 rings (SSSR count). The van der Waals surface area contributed by atoms with Gasteiger partial charge in [0.2, 0.25) is 0 Å². The number of rotatable bonds is 4. The first-order valence-corrected chi connectivity index (χ1v) is 6.43. The van der Waals surface area contributed by atoms with E-state index in [-0.39, 0.29) is 11.4 Å². The van der Waals surface area contributed by atoms with E-state index in [9.17, 15) is 9.59 Å². The van der Waals surface area contributed by atoms with E-state index in [0.717, 1.165) is 12.0 Å². The van der Waals surface area contributed by atoms with Crippen LogP contribution in [0.2, 0.25) is 0 Å². The molecule has 0 radical (unpaired) electrons. The van der Waals surface area contributed by atoms with Gasteiger partial charge < -0.3 is 10.1 Å². The number of anilines is 1. The molecule has 19 heavy (non-hydrogen) atoms. The highest BCUT2D eigenvalue weighted by Gasteiger charge is 2.16. The molecule has 0 aliphatic carbocycles. The molecule has 1 aromatic carbocycles. The molecule has 1 aromatic rings. The average Bonchev–Trinajstić information content (AvgIpc) is 2.38. The third-order valence-electron chi connectivity index (χ3n) is 2.97. The molecule has 4 nitrogen and oxygen atoms in total. The molecule has 0 saturated heterocycles. The quantitative estimate of drug-likeness (QED) is 0.848. The largest absolute Gasteiger partial charge is 0.341 e. The van der Waals surface area contributed by atoms with Crippen molar-refractivity contribution in [1.82, 2.24) is 5.32 Å². The Bertz CT molecular complexity index is 432. The number of benzene rings is 1. The summed E-state index contributed by atoms with van der Waals surface area (Å²) >= 11 is 0. The van der Waals surface area contributed by atoms with Crippen LogP contribution in [0.1, 0.15) is 32.8 Å². The molecular weight excluding hydrogens is 240 g/mol. The molecule has 0 spiro atoms. The summed E-state index contributed by atoms with van der Waals surface area (Å²) in [6.45, 7) is 6.82. The van der Waals surface area contributed by atoms with E-state index in [0.29, 0.717) is 13.0 Å². The van der Waals surface area contributed by atoms with E-state index in [1.807, 2.05) is 24.3 Å². The summed E-state index contributed by atoms with van der Waals surface area (Å²) in [6.07, 6.45) is 1.15. The van der Waals surface area contributed by atoms with Crippen molar-refractivity contribution in [2.45, 2.75) is 32.6 Å². The minimum Gasteiger partial charge on any atom is -0.341 e.